The molecule has 3 heterocycles. The molecule has 0 spiro atoms. The fourth-order valence-corrected chi connectivity index (χ4v) is 4.18. The Kier molecular flexibility index (Phi) is 6.26. The van der Waals surface area contributed by atoms with Gasteiger partial charge in [0.1, 0.15) is 0 Å². The molecule has 2 aromatic rings. The first kappa shape index (κ1) is 18.8. The molecule has 2 amide bonds. The third-order valence-corrected chi connectivity index (χ3v) is 5.81. The van der Waals surface area contributed by atoms with Crippen LogP contribution in [0.3, 0.4) is 0 Å². The molecule has 26 heavy (non-hydrogen) atoms. The van der Waals surface area contributed by atoms with E-state index in [0.717, 1.165) is 49.6 Å². The highest BCUT2D eigenvalue weighted by Crippen LogP contribution is 2.31. The highest BCUT2D eigenvalue weighted by molar-refractivity contribution is 7.09. The topological polar surface area (TPSA) is 85.9 Å². The average Bonchev–Trinajstić information content (AvgIpc) is 3.25. The van der Waals surface area contributed by atoms with Gasteiger partial charge < -0.3 is 10.6 Å². The van der Waals surface area contributed by atoms with Crippen molar-refractivity contribution in [1.29, 1.82) is 0 Å². The molecule has 3 rings (SSSR count). The van der Waals surface area contributed by atoms with Gasteiger partial charge in [0.25, 0.3) is 0 Å². The normalized spacial score (nSPS) is 18.2. The molecule has 0 unspecified atom stereocenters. The smallest absolute Gasteiger partial charge is 0.319 e. The van der Waals surface area contributed by atoms with Gasteiger partial charge in [-0.3, -0.25) is 10.00 Å². The number of likely N-dealkylation sites (tertiary alicyclic amines) is 1. The van der Waals surface area contributed by atoms with Gasteiger partial charge in [0, 0.05) is 36.9 Å². The minimum atomic E-state index is -0.188. The van der Waals surface area contributed by atoms with Gasteiger partial charge in [-0.1, -0.05) is 13.8 Å². The second kappa shape index (κ2) is 8.64. The first-order valence-corrected chi connectivity index (χ1v) is 10.2. The molecule has 1 atom stereocenters. The van der Waals surface area contributed by atoms with Crippen LogP contribution in [0.5, 0.6) is 0 Å². The summed E-state index contributed by atoms with van der Waals surface area (Å²) in [6.45, 7) is 9.77. The summed E-state index contributed by atoms with van der Waals surface area (Å²) >= 11 is 1.75. The summed E-state index contributed by atoms with van der Waals surface area (Å²) in [7, 11) is 0. The number of nitrogens with zero attached hydrogens (tertiary/aromatic N) is 3. The number of hydrogen-bond acceptors (Lipinski definition) is 5. The van der Waals surface area contributed by atoms with E-state index >= 15 is 0 Å². The third kappa shape index (κ3) is 4.62. The zero-order valence-electron chi connectivity index (χ0n) is 15.7. The lowest BCUT2D eigenvalue weighted by molar-refractivity contribution is 0.197. The molecule has 142 valence electrons. The van der Waals surface area contributed by atoms with Crippen LogP contribution in [0.4, 0.5) is 10.5 Å². The van der Waals surface area contributed by atoms with Gasteiger partial charge in [-0.25, -0.2) is 9.78 Å². The average molecular weight is 377 g/mol. The number of aromatic nitrogens is 3. The number of rotatable bonds is 6. The summed E-state index contributed by atoms with van der Waals surface area (Å²) in [6.07, 6.45) is 3.92. The lowest BCUT2D eigenvalue weighted by atomic mass is 9.94. The van der Waals surface area contributed by atoms with Gasteiger partial charge in [-0.2, -0.15) is 5.10 Å². The van der Waals surface area contributed by atoms with Crippen molar-refractivity contribution in [3.05, 3.63) is 28.0 Å². The van der Waals surface area contributed by atoms with Gasteiger partial charge >= 0.3 is 6.03 Å². The van der Waals surface area contributed by atoms with Crippen LogP contribution in [-0.2, 0) is 6.54 Å². The molecule has 0 aromatic carbocycles. The molecule has 1 aliphatic rings. The lowest BCUT2D eigenvalue weighted by Crippen LogP contribution is -2.35. The minimum absolute atomic E-state index is 0.188. The Morgan fingerprint density at radius 2 is 2.35 bits per heavy atom. The molecular weight excluding hydrogens is 348 g/mol. The molecule has 3 N–H and O–H groups in total. The number of piperidine rings is 1. The van der Waals surface area contributed by atoms with Gasteiger partial charge in [0.05, 0.1) is 28.3 Å². The Morgan fingerprint density at radius 1 is 1.50 bits per heavy atom. The molecule has 0 radical (unpaired) electrons. The molecule has 1 fully saturated rings. The van der Waals surface area contributed by atoms with E-state index in [0.29, 0.717) is 18.4 Å². The number of anilines is 1. The Hall–Kier alpha value is -1.93. The highest BCUT2D eigenvalue weighted by atomic mass is 32.1. The predicted molar refractivity (Wildman–Crippen MR) is 105 cm³/mol. The highest BCUT2D eigenvalue weighted by Gasteiger charge is 2.25. The van der Waals surface area contributed by atoms with Crippen molar-refractivity contribution < 1.29 is 4.79 Å². The number of hydrogen-bond donors (Lipinski definition) is 3. The van der Waals surface area contributed by atoms with E-state index in [2.05, 4.69) is 45.0 Å². The second-order valence-electron chi connectivity index (χ2n) is 7.09. The van der Waals surface area contributed by atoms with Crippen molar-refractivity contribution >= 4 is 23.1 Å². The Bertz CT molecular complexity index is 725. The second-order valence-corrected chi connectivity index (χ2v) is 7.98. The number of urea groups is 1. The van der Waals surface area contributed by atoms with Crippen molar-refractivity contribution in [2.45, 2.75) is 52.0 Å². The number of H-pyrrole nitrogens is 1. The van der Waals surface area contributed by atoms with Crippen LogP contribution in [0.2, 0.25) is 0 Å². The van der Waals surface area contributed by atoms with Crippen molar-refractivity contribution in [3.8, 4) is 0 Å². The van der Waals surface area contributed by atoms with E-state index < -0.39 is 0 Å². The van der Waals surface area contributed by atoms with E-state index in [1.54, 1.807) is 17.5 Å². The first-order valence-electron chi connectivity index (χ1n) is 9.31. The summed E-state index contributed by atoms with van der Waals surface area (Å²) in [5.74, 6) is 0.821. The minimum Gasteiger partial charge on any atom is -0.338 e. The number of thiazole rings is 1. The van der Waals surface area contributed by atoms with E-state index in [-0.39, 0.29) is 6.03 Å². The number of carbonyl (C=O) groups is 1. The molecule has 0 bridgehead atoms. The van der Waals surface area contributed by atoms with Crippen molar-refractivity contribution in [3.63, 3.8) is 0 Å². The van der Waals surface area contributed by atoms with Crippen molar-refractivity contribution in [2.24, 2.45) is 0 Å². The Morgan fingerprint density at radius 3 is 3.08 bits per heavy atom. The molecule has 1 aliphatic heterocycles. The van der Waals surface area contributed by atoms with Crippen LogP contribution in [0.25, 0.3) is 0 Å². The van der Waals surface area contributed by atoms with E-state index in [4.69, 9.17) is 4.98 Å². The van der Waals surface area contributed by atoms with Crippen LogP contribution in [0, 0.1) is 0 Å². The molecule has 2 aromatic heterocycles. The van der Waals surface area contributed by atoms with E-state index in [1.165, 1.54) is 5.01 Å². The lowest BCUT2D eigenvalue weighted by Gasteiger charge is -2.32. The molecular formula is C18H28N6OS. The standard InChI is InChI=1S/C18H28N6OS/c1-4-19-18(25)22-15-8-20-23-16(15)13-6-5-7-24(9-13)10-14-11-26-17(21-14)12(2)3/h8,11-13H,4-7,9-10H2,1-3H3,(H,20,23)(H2,19,22,25)/t13-/m1/s1. The zero-order valence-corrected chi connectivity index (χ0v) is 16.5. The molecule has 0 saturated carbocycles. The van der Waals surface area contributed by atoms with Crippen LogP contribution in [-0.4, -0.2) is 45.7 Å². The first-order chi connectivity index (χ1) is 12.6. The number of amides is 2. The van der Waals surface area contributed by atoms with Crippen LogP contribution < -0.4 is 10.6 Å². The maximum Gasteiger partial charge on any atom is 0.319 e. The quantitative estimate of drug-likeness (QED) is 0.720. The van der Waals surface area contributed by atoms with Crippen molar-refractivity contribution in [1.82, 2.24) is 25.4 Å². The molecule has 7 nitrogen and oxygen atoms in total. The third-order valence-electron chi connectivity index (χ3n) is 4.62. The fourth-order valence-electron chi connectivity index (χ4n) is 3.36. The Balaban J connectivity index is 1.63. The molecule has 1 saturated heterocycles. The summed E-state index contributed by atoms with van der Waals surface area (Å²) in [5, 5.41) is 16.3. The van der Waals surface area contributed by atoms with E-state index in [1.807, 2.05) is 6.92 Å². The summed E-state index contributed by atoms with van der Waals surface area (Å²) in [4.78, 5) is 19.0. The SMILES string of the molecule is CCNC(=O)Nc1cn[nH]c1[C@@H]1CCCN(Cc2csc(C(C)C)n2)C1. The summed E-state index contributed by atoms with van der Waals surface area (Å²) in [6, 6.07) is -0.188. The monoisotopic (exact) mass is 376 g/mol. The predicted octanol–water partition coefficient (Wildman–Crippen LogP) is 3.51. The molecule has 8 heteroatoms. The summed E-state index contributed by atoms with van der Waals surface area (Å²) in [5.41, 5.74) is 2.95. The summed E-state index contributed by atoms with van der Waals surface area (Å²) < 4.78 is 0. The van der Waals surface area contributed by atoms with E-state index in [9.17, 15) is 4.79 Å². The number of aromatic amines is 1. The maximum atomic E-state index is 11.8. The maximum absolute atomic E-state index is 11.8. The van der Waals surface area contributed by atoms with Crippen molar-refractivity contribution in [2.75, 3.05) is 25.0 Å². The van der Waals surface area contributed by atoms with Gasteiger partial charge in [0.2, 0.25) is 0 Å². The van der Waals surface area contributed by atoms with Crippen LogP contribution >= 0.6 is 11.3 Å². The zero-order chi connectivity index (χ0) is 18.5. The fraction of sp³-hybridized carbons (Fsp3) is 0.611. The molecule has 0 aliphatic carbocycles. The number of carbonyl (C=O) groups excluding carboxylic acids is 1. The Labute approximate surface area is 158 Å². The number of nitrogens with one attached hydrogen (secondary N) is 3. The van der Waals surface area contributed by atoms with Crippen LogP contribution in [0.1, 0.15) is 61.8 Å². The van der Waals surface area contributed by atoms with Gasteiger partial charge in [-0.15, -0.1) is 11.3 Å². The van der Waals surface area contributed by atoms with Gasteiger partial charge in [-0.05, 0) is 26.3 Å². The largest absolute Gasteiger partial charge is 0.338 e. The van der Waals surface area contributed by atoms with Crippen LogP contribution in [0.15, 0.2) is 11.6 Å². The van der Waals surface area contributed by atoms with Gasteiger partial charge in [0.15, 0.2) is 0 Å².